The zero-order valence-electron chi connectivity index (χ0n) is 17.3. The van der Waals surface area contributed by atoms with Gasteiger partial charge in [0.2, 0.25) is 5.78 Å². The van der Waals surface area contributed by atoms with Crippen molar-refractivity contribution >= 4 is 57.4 Å². The van der Waals surface area contributed by atoms with Crippen molar-refractivity contribution in [3.05, 3.63) is 98.3 Å². The van der Waals surface area contributed by atoms with Crippen molar-refractivity contribution in [2.45, 2.75) is 12.1 Å². The molecule has 0 aliphatic carbocycles. The predicted molar refractivity (Wildman–Crippen MR) is 132 cm³/mol. The van der Waals surface area contributed by atoms with E-state index in [4.69, 9.17) is 23.2 Å². The Kier molecular flexibility index (Phi) is 5.70. The smallest absolute Gasteiger partial charge is 0.267 e. The van der Waals surface area contributed by atoms with E-state index in [1.165, 1.54) is 16.3 Å². The average Bonchev–Trinajstić information content (AvgIpc) is 3.24. The highest BCUT2D eigenvalue weighted by molar-refractivity contribution is 7.99. The Bertz CT molecular complexity index is 1590. The quantitative estimate of drug-likeness (QED) is 0.234. The van der Waals surface area contributed by atoms with E-state index in [0.717, 1.165) is 5.56 Å². The highest BCUT2D eigenvalue weighted by Gasteiger charge is 2.19. The first-order valence-corrected chi connectivity index (χ1v) is 11.7. The molecule has 0 bridgehead atoms. The number of fused-ring (bicyclic) bond motifs is 3. The minimum absolute atomic E-state index is 0.0822. The number of Topliss-reactive ketones (excluding diaryl/α,β-unsaturated/α-hetero) is 1. The number of ketones is 1. The van der Waals surface area contributed by atoms with Crippen LogP contribution in [0.15, 0.2) is 76.7 Å². The highest BCUT2D eigenvalue weighted by Crippen LogP contribution is 2.26. The Labute approximate surface area is 202 Å². The van der Waals surface area contributed by atoms with Gasteiger partial charge >= 0.3 is 0 Å². The normalized spacial score (nSPS) is 11.4. The largest absolute Gasteiger partial charge is 0.293 e. The molecular formula is C24H16Cl2N4O2S. The summed E-state index contributed by atoms with van der Waals surface area (Å²) in [6.45, 7) is 1.98. The lowest BCUT2D eigenvalue weighted by molar-refractivity contribution is 0.102. The summed E-state index contributed by atoms with van der Waals surface area (Å²) in [5.74, 6) is 0.275. The van der Waals surface area contributed by atoms with Gasteiger partial charge in [-0.15, -0.1) is 10.2 Å². The van der Waals surface area contributed by atoms with Crippen LogP contribution in [-0.2, 0) is 0 Å². The van der Waals surface area contributed by atoms with Crippen molar-refractivity contribution < 1.29 is 4.79 Å². The number of hydrogen-bond acceptors (Lipinski definition) is 5. The number of para-hydroxylation sites is 1. The molecule has 0 aliphatic rings. The van der Waals surface area contributed by atoms with Crippen molar-refractivity contribution in [1.29, 1.82) is 0 Å². The summed E-state index contributed by atoms with van der Waals surface area (Å²) in [4.78, 5) is 26.2. The van der Waals surface area contributed by atoms with Gasteiger partial charge in [-0.1, -0.05) is 64.8 Å². The Balaban J connectivity index is 1.63. The van der Waals surface area contributed by atoms with Crippen LogP contribution >= 0.6 is 35.0 Å². The molecule has 0 N–H and O–H groups in total. The number of hydrogen-bond donors (Lipinski definition) is 0. The van der Waals surface area contributed by atoms with Crippen molar-refractivity contribution in [3.63, 3.8) is 0 Å². The van der Waals surface area contributed by atoms with E-state index in [2.05, 4.69) is 10.2 Å². The average molecular weight is 495 g/mol. The predicted octanol–water partition coefficient (Wildman–Crippen LogP) is 5.62. The zero-order chi connectivity index (χ0) is 23.1. The molecule has 0 aliphatic heterocycles. The molecule has 0 unspecified atom stereocenters. The zero-order valence-corrected chi connectivity index (χ0v) is 19.7. The molecule has 6 nitrogen and oxygen atoms in total. The SMILES string of the molecule is Cc1ccc(-n2c(=O)c3ccccc3n3c(SCC(=O)c4cc(Cl)ccc4Cl)nnc23)cc1. The van der Waals surface area contributed by atoms with Crippen LogP contribution < -0.4 is 5.56 Å². The summed E-state index contributed by atoms with van der Waals surface area (Å²) in [6, 6.07) is 19.7. The first kappa shape index (κ1) is 21.7. The molecular weight excluding hydrogens is 479 g/mol. The molecule has 0 saturated carbocycles. The van der Waals surface area contributed by atoms with Crippen molar-refractivity contribution in [3.8, 4) is 5.69 Å². The molecule has 0 spiro atoms. The molecule has 2 heterocycles. The fourth-order valence-corrected chi connectivity index (χ4v) is 4.84. The maximum atomic E-state index is 13.4. The molecule has 0 atom stereocenters. The summed E-state index contributed by atoms with van der Waals surface area (Å²) >= 11 is 13.4. The molecule has 0 amide bonds. The Morgan fingerprint density at radius 2 is 1.76 bits per heavy atom. The van der Waals surface area contributed by atoms with Gasteiger partial charge in [0.15, 0.2) is 10.9 Å². The molecule has 9 heteroatoms. The lowest BCUT2D eigenvalue weighted by Crippen LogP contribution is -2.21. The van der Waals surface area contributed by atoms with Crippen LogP contribution in [-0.4, -0.2) is 30.7 Å². The fourth-order valence-electron chi connectivity index (χ4n) is 3.62. The summed E-state index contributed by atoms with van der Waals surface area (Å²) in [7, 11) is 0. The topological polar surface area (TPSA) is 69.3 Å². The summed E-state index contributed by atoms with van der Waals surface area (Å²) in [6.07, 6.45) is 0. The van der Waals surface area contributed by atoms with Crippen LogP contribution in [0, 0.1) is 6.92 Å². The number of carbonyl (C=O) groups excluding carboxylic acids is 1. The second kappa shape index (κ2) is 8.67. The van der Waals surface area contributed by atoms with E-state index >= 15 is 0 Å². The first-order valence-electron chi connectivity index (χ1n) is 10.0. The molecule has 0 radical (unpaired) electrons. The summed E-state index contributed by atoms with van der Waals surface area (Å²) in [5, 5.41) is 10.4. The number of aromatic nitrogens is 4. The molecule has 2 aromatic heterocycles. The monoisotopic (exact) mass is 494 g/mol. The van der Waals surface area contributed by atoms with Crippen LogP contribution in [0.3, 0.4) is 0 Å². The number of aryl methyl sites for hydroxylation is 1. The van der Waals surface area contributed by atoms with Gasteiger partial charge in [-0.05, 0) is 49.4 Å². The van der Waals surface area contributed by atoms with E-state index in [1.807, 2.05) is 49.4 Å². The van der Waals surface area contributed by atoms with Gasteiger partial charge in [0.1, 0.15) is 0 Å². The van der Waals surface area contributed by atoms with Gasteiger partial charge in [0, 0.05) is 10.6 Å². The van der Waals surface area contributed by atoms with Gasteiger partial charge in [0.25, 0.3) is 5.56 Å². The van der Waals surface area contributed by atoms with E-state index in [1.54, 1.807) is 28.7 Å². The van der Waals surface area contributed by atoms with E-state index in [0.29, 0.717) is 43.1 Å². The van der Waals surface area contributed by atoms with Gasteiger partial charge in [-0.2, -0.15) is 0 Å². The molecule has 5 aromatic rings. The highest BCUT2D eigenvalue weighted by atomic mass is 35.5. The third kappa shape index (κ3) is 3.93. The molecule has 0 fully saturated rings. The van der Waals surface area contributed by atoms with Gasteiger partial charge in [-0.25, -0.2) is 4.57 Å². The molecule has 164 valence electrons. The van der Waals surface area contributed by atoms with Crippen LogP contribution in [0.1, 0.15) is 15.9 Å². The number of thioether (sulfide) groups is 1. The van der Waals surface area contributed by atoms with Crippen LogP contribution in [0.2, 0.25) is 10.0 Å². The van der Waals surface area contributed by atoms with Gasteiger partial charge in [0.05, 0.1) is 27.4 Å². The van der Waals surface area contributed by atoms with Crippen LogP contribution in [0.4, 0.5) is 0 Å². The standard InChI is InChI=1S/C24H16Cl2N4O2S/c1-14-6-9-16(10-7-14)29-22(32)17-4-2-3-5-20(17)30-23(29)27-28-24(30)33-13-21(31)18-12-15(25)8-11-19(18)26/h2-12H,13H2,1H3. The third-order valence-corrected chi connectivity index (χ3v) is 6.74. The van der Waals surface area contributed by atoms with E-state index in [9.17, 15) is 9.59 Å². The Hall–Kier alpha value is -3.13. The minimum atomic E-state index is -0.187. The number of halogens is 2. The Morgan fingerprint density at radius 3 is 2.55 bits per heavy atom. The minimum Gasteiger partial charge on any atom is -0.293 e. The fraction of sp³-hybridized carbons (Fsp3) is 0.0833. The van der Waals surface area contributed by atoms with Crippen molar-refractivity contribution in [2.75, 3.05) is 5.75 Å². The molecule has 5 rings (SSSR count). The maximum absolute atomic E-state index is 13.4. The van der Waals surface area contributed by atoms with Crippen molar-refractivity contribution in [1.82, 2.24) is 19.2 Å². The summed E-state index contributed by atoms with van der Waals surface area (Å²) < 4.78 is 3.34. The first-order chi connectivity index (χ1) is 15.9. The number of rotatable bonds is 5. The number of carbonyl (C=O) groups is 1. The molecule has 0 saturated heterocycles. The van der Waals surface area contributed by atoms with Crippen LogP contribution in [0.5, 0.6) is 0 Å². The number of nitrogens with zero attached hydrogens (tertiary/aromatic N) is 4. The van der Waals surface area contributed by atoms with E-state index in [-0.39, 0.29) is 17.1 Å². The lowest BCUT2D eigenvalue weighted by atomic mass is 10.1. The van der Waals surface area contributed by atoms with Gasteiger partial charge < -0.3 is 0 Å². The second-order valence-electron chi connectivity index (χ2n) is 7.45. The van der Waals surface area contributed by atoms with Gasteiger partial charge in [-0.3, -0.25) is 14.0 Å². The van der Waals surface area contributed by atoms with Crippen molar-refractivity contribution in [2.24, 2.45) is 0 Å². The lowest BCUT2D eigenvalue weighted by Gasteiger charge is -2.11. The van der Waals surface area contributed by atoms with Crippen LogP contribution in [0.25, 0.3) is 22.4 Å². The second-order valence-corrected chi connectivity index (χ2v) is 9.23. The summed E-state index contributed by atoms with van der Waals surface area (Å²) in [5.41, 5.74) is 2.60. The Morgan fingerprint density at radius 1 is 1.00 bits per heavy atom. The third-order valence-electron chi connectivity index (χ3n) is 5.25. The number of benzene rings is 3. The van der Waals surface area contributed by atoms with E-state index < -0.39 is 0 Å². The molecule has 33 heavy (non-hydrogen) atoms. The maximum Gasteiger partial charge on any atom is 0.267 e. The molecule has 3 aromatic carbocycles.